The maximum absolute atomic E-state index is 4.32. The van der Waals surface area contributed by atoms with E-state index in [1.165, 1.54) is 0 Å². The molecule has 2 unspecified atom stereocenters. The van der Waals surface area contributed by atoms with E-state index in [4.69, 9.17) is 0 Å². The van der Waals surface area contributed by atoms with Crippen LogP contribution in [-0.2, 0) is 0 Å². The van der Waals surface area contributed by atoms with Gasteiger partial charge in [0.1, 0.15) is 0 Å². The maximum atomic E-state index is 4.32. The summed E-state index contributed by atoms with van der Waals surface area (Å²) in [5.74, 6) is 3.79. The first-order valence-electron chi connectivity index (χ1n) is 3.36. The average molecular weight is 247 g/mol. The molecule has 0 amide bonds. The molecule has 0 spiro atoms. The van der Waals surface area contributed by atoms with Crippen molar-refractivity contribution in [2.24, 2.45) is 0 Å². The lowest BCUT2D eigenvalue weighted by atomic mass is 10.5. The van der Waals surface area contributed by atoms with Crippen molar-refractivity contribution in [2.45, 2.75) is 10.5 Å². The fourth-order valence-corrected chi connectivity index (χ4v) is 2.60. The van der Waals surface area contributed by atoms with Gasteiger partial charge in [0.05, 0.1) is 0 Å². The van der Waals surface area contributed by atoms with Gasteiger partial charge in [-0.15, -0.1) is 0 Å². The fourth-order valence-electron chi connectivity index (χ4n) is 0.446. The topological polar surface area (TPSA) is 0 Å². The Labute approximate surface area is 95.3 Å². The van der Waals surface area contributed by atoms with Crippen LogP contribution >= 0.6 is 62.3 Å². The van der Waals surface area contributed by atoms with Crippen molar-refractivity contribution in [2.75, 3.05) is 23.0 Å². The molecule has 0 fully saturated rings. The van der Waals surface area contributed by atoms with Gasteiger partial charge in [0.25, 0.3) is 0 Å². The summed E-state index contributed by atoms with van der Waals surface area (Å²) in [6.45, 7) is 0. The SMILES string of the molecule is SCC(S)CSCC(S)CS. The third-order valence-corrected chi connectivity index (χ3v) is 5.00. The van der Waals surface area contributed by atoms with E-state index < -0.39 is 0 Å². The molecule has 5 heteroatoms. The summed E-state index contributed by atoms with van der Waals surface area (Å²) in [6.07, 6.45) is 0. The highest BCUT2D eigenvalue weighted by Crippen LogP contribution is 2.13. The van der Waals surface area contributed by atoms with E-state index in [9.17, 15) is 0 Å². The Morgan fingerprint density at radius 3 is 1.55 bits per heavy atom. The van der Waals surface area contributed by atoms with Crippen LogP contribution < -0.4 is 0 Å². The first-order valence-corrected chi connectivity index (χ1v) is 6.81. The van der Waals surface area contributed by atoms with Crippen LogP contribution in [0.1, 0.15) is 0 Å². The highest BCUT2D eigenvalue weighted by molar-refractivity contribution is 8.01. The van der Waals surface area contributed by atoms with Crippen LogP contribution in [-0.4, -0.2) is 33.5 Å². The number of thiol groups is 4. The molecule has 0 nitrogen and oxygen atoms in total. The van der Waals surface area contributed by atoms with Crippen molar-refractivity contribution >= 4 is 62.3 Å². The van der Waals surface area contributed by atoms with Crippen molar-refractivity contribution in [3.63, 3.8) is 0 Å². The molecular weight excluding hydrogens is 232 g/mol. The maximum Gasteiger partial charge on any atom is 0.0196 e. The van der Waals surface area contributed by atoms with E-state index >= 15 is 0 Å². The first-order chi connectivity index (χ1) is 5.20. The zero-order valence-electron chi connectivity index (χ0n) is 6.18. The summed E-state index contributed by atoms with van der Waals surface area (Å²) in [5, 5.41) is 0.813. The van der Waals surface area contributed by atoms with Gasteiger partial charge >= 0.3 is 0 Å². The molecule has 0 aliphatic rings. The first kappa shape index (κ1) is 12.8. The van der Waals surface area contributed by atoms with Crippen molar-refractivity contribution in [1.82, 2.24) is 0 Å². The van der Waals surface area contributed by atoms with Crippen molar-refractivity contribution < 1.29 is 0 Å². The lowest BCUT2D eigenvalue weighted by Gasteiger charge is -2.09. The minimum Gasteiger partial charge on any atom is -0.178 e. The molecule has 0 aliphatic carbocycles. The summed E-state index contributed by atoms with van der Waals surface area (Å²) < 4.78 is 0. The monoisotopic (exact) mass is 246 g/mol. The van der Waals surface area contributed by atoms with E-state index in [0.29, 0.717) is 10.5 Å². The lowest BCUT2D eigenvalue weighted by molar-refractivity contribution is 1.13. The highest BCUT2D eigenvalue weighted by atomic mass is 32.2. The molecule has 0 aromatic rings. The van der Waals surface area contributed by atoms with Crippen LogP contribution in [0.4, 0.5) is 0 Å². The largest absolute Gasteiger partial charge is 0.178 e. The van der Waals surface area contributed by atoms with Gasteiger partial charge in [-0.3, -0.25) is 0 Å². The van der Waals surface area contributed by atoms with Gasteiger partial charge in [-0.05, 0) is 0 Å². The molecule has 0 saturated heterocycles. The molecule has 0 saturated carbocycles. The van der Waals surface area contributed by atoms with Crippen LogP contribution in [0, 0.1) is 0 Å². The Hall–Kier alpha value is 1.75. The molecule has 0 aromatic heterocycles. The summed E-state index contributed by atoms with van der Waals surface area (Å²) in [6, 6.07) is 0. The van der Waals surface area contributed by atoms with Crippen LogP contribution in [0.5, 0.6) is 0 Å². The van der Waals surface area contributed by atoms with Crippen LogP contribution in [0.2, 0.25) is 0 Å². The predicted molar refractivity (Wildman–Crippen MR) is 70.6 cm³/mol. The van der Waals surface area contributed by atoms with Crippen LogP contribution in [0.15, 0.2) is 0 Å². The van der Waals surface area contributed by atoms with Crippen molar-refractivity contribution in [1.29, 1.82) is 0 Å². The third kappa shape index (κ3) is 8.09. The van der Waals surface area contributed by atoms with Crippen LogP contribution in [0.25, 0.3) is 0 Å². The normalized spacial score (nSPS) is 16.4. The predicted octanol–water partition coefficient (Wildman–Crippen LogP) is 2.18. The second-order valence-corrected chi connectivity index (χ2v) is 5.48. The Kier molecular flexibility index (Phi) is 9.68. The average Bonchev–Trinajstić information content (AvgIpc) is 2.04. The Morgan fingerprint density at radius 2 is 1.27 bits per heavy atom. The van der Waals surface area contributed by atoms with Gasteiger partial charge in [0, 0.05) is 33.5 Å². The molecule has 0 N–H and O–H groups in total. The molecular formula is C6H14S5. The summed E-state index contributed by atoms with van der Waals surface area (Å²) >= 11 is 18.8. The van der Waals surface area contributed by atoms with E-state index in [0.717, 1.165) is 23.0 Å². The smallest absolute Gasteiger partial charge is 0.0196 e. The van der Waals surface area contributed by atoms with E-state index in [1.54, 1.807) is 0 Å². The zero-order valence-corrected chi connectivity index (χ0v) is 10.6. The zero-order chi connectivity index (χ0) is 8.69. The highest BCUT2D eigenvalue weighted by Gasteiger charge is 2.03. The standard InChI is InChI=1S/C6H14S5/c7-1-5(9)3-11-4-6(10)2-8/h5-10H,1-4H2. The number of hydrogen-bond donors (Lipinski definition) is 4. The van der Waals surface area contributed by atoms with Gasteiger partial charge in [0.15, 0.2) is 0 Å². The van der Waals surface area contributed by atoms with E-state index in [1.807, 2.05) is 11.8 Å². The van der Waals surface area contributed by atoms with E-state index in [2.05, 4.69) is 50.5 Å². The molecule has 0 bridgehead atoms. The van der Waals surface area contributed by atoms with Gasteiger partial charge < -0.3 is 0 Å². The summed E-state index contributed by atoms with van der Waals surface area (Å²) in [7, 11) is 0. The molecule has 2 atom stereocenters. The Morgan fingerprint density at radius 1 is 0.909 bits per heavy atom. The Balaban J connectivity index is 3.13. The molecule has 68 valence electrons. The quantitative estimate of drug-likeness (QED) is 0.521. The second-order valence-electron chi connectivity index (χ2n) is 2.21. The fraction of sp³-hybridized carbons (Fsp3) is 1.00. The van der Waals surface area contributed by atoms with Gasteiger partial charge in [-0.2, -0.15) is 62.3 Å². The van der Waals surface area contributed by atoms with Crippen LogP contribution in [0.3, 0.4) is 0 Å². The minimum atomic E-state index is 0.406. The minimum absolute atomic E-state index is 0.406. The van der Waals surface area contributed by atoms with Gasteiger partial charge in [0.2, 0.25) is 0 Å². The van der Waals surface area contributed by atoms with Gasteiger partial charge in [-0.25, -0.2) is 0 Å². The molecule has 0 aromatic carbocycles. The van der Waals surface area contributed by atoms with E-state index in [-0.39, 0.29) is 0 Å². The number of hydrogen-bond acceptors (Lipinski definition) is 5. The molecule has 0 rings (SSSR count). The molecule has 0 aliphatic heterocycles. The van der Waals surface area contributed by atoms with Crippen molar-refractivity contribution in [3.05, 3.63) is 0 Å². The summed E-state index contributed by atoms with van der Waals surface area (Å²) in [4.78, 5) is 0. The third-order valence-electron chi connectivity index (χ3n) is 1.04. The summed E-state index contributed by atoms with van der Waals surface area (Å²) in [5.41, 5.74) is 0. The van der Waals surface area contributed by atoms with Gasteiger partial charge in [-0.1, -0.05) is 0 Å². The number of thioether (sulfide) groups is 1. The van der Waals surface area contributed by atoms with Crippen molar-refractivity contribution in [3.8, 4) is 0 Å². The molecule has 11 heavy (non-hydrogen) atoms. The number of rotatable bonds is 6. The molecule has 0 radical (unpaired) electrons. The lowest BCUT2D eigenvalue weighted by Crippen LogP contribution is -2.09. The Bertz CT molecular complexity index is 77.0. The second kappa shape index (κ2) is 8.35. The molecule has 0 heterocycles.